The highest BCUT2D eigenvalue weighted by Gasteiger charge is 2.09. The quantitative estimate of drug-likeness (QED) is 0.393. The molecule has 1 aromatic carbocycles. The molecule has 0 aliphatic heterocycles. The van der Waals surface area contributed by atoms with E-state index in [4.69, 9.17) is 9.47 Å². The van der Waals surface area contributed by atoms with Crippen LogP contribution in [-0.4, -0.2) is 24.8 Å². The molecule has 1 unspecified atom stereocenters. The fourth-order valence-corrected chi connectivity index (χ4v) is 2.36. The topological polar surface area (TPSA) is 18.5 Å². The monoisotopic (exact) mass is 398 g/mol. The van der Waals surface area contributed by atoms with Gasteiger partial charge in [-0.15, -0.1) is 0 Å². The molecule has 1 rings (SSSR count). The van der Waals surface area contributed by atoms with Crippen molar-refractivity contribution in [3.05, 3.63) is 34.3 Å². The van der Waals surface area contributed by atoms with Gasteiger partial charge in [-0.3, -0.25) is 0 Å². The number of methoxy groups -OCH3 is 1. The lowest BCUT2D eigenvalue weighted by molar-refractivity contribution is 0.0542. The van der Waals surface area contributed by atoms with Gasteiger partial charge in [0.05, 0.1) is 6.10 Å². The molecule has 1 atom stereocenters. The van der Waals surface area contributed by atoms with E-state index in [1.165, 1.54) is 5.56 Å². The molecule has 0 saturated carbocycles. The molecule has 0 heterocycles. The number of alkyl halides is 1. The molecule has 0 saturated heterocycles. The van der Waals surface area contributed by atoms with Crippen LogP contribution in [0.15, 0.2) is 28.7 Å². The normalized spacial score (nSPS) is 12.7. The average Bonchev–Trinajstić information content (AvgIpc) is 2.31. The van der Waals surface area contributed by atoms with Gasteiger partial charge in [0.2, 0.25) is 0 Å². The Balaban J connectivity index is 2.44. The molecule has 0 radical (unpaired) electrons. The summed E-state index contributed by atoms with van der Waals surface area (Å²) in [7, 11) is 1.71. The number of hydrogen-bond donors (Lipinski definition) is 0. The molecule has 0 aliphatic rings. The lowest BCUT2D eigenvalue weighted by Gasteiger charge is -2.15. The summed E-state index contributed by atoms with van der Waals surface area (Å²) in [5.41, 5.74) is 1.23. The second-order valence-electron chi connectivity index (χ2n) is 3.41. The van der Waals surface area contributed by atoms with Gasteiger partial charge in [-0.05, 0) is 24.1 Å². The minimum absolute atomic E-state index is 0.186. The van der Waals surface area contributed by atoms with Crippen LogP contribution < -0.4 is 0 Å². The van der Waals surface area contributed by atoms with Gasteiger partial charge in [-0.25, -0.2) is 0 Å². The molecular weight excluding hydrogens is 383 g/mol. The van der Waals surface area contributed by atoms with Crippen molar-refractivity contribution in [3.8, 4) is 0 Å². The molecule has 90 valence electrons. The molecule has 0 amide bonds. The summed E-state index contributed by atoms with van der Waals surface area (Å²) in [4.78, 5) is 0. The molecule has 0 bridgehead atoms. The van der Waals surface area contributed by atoms with Crippen LogP contribution in [0.5, 0.6) is 0 Å². The number of rotatable bonds is 7. The summed E-state index contributed by atoms with van der Waals surface area (Å²) in [5, 5.41) is 0. The van der Waals surface area contributed by atoms with Crippen LogP contribution in [0.2, 0.25) is 0 Å². The van der Waals surface area contributed by atoms with E-state index >= 15 is 0 Å². The molecule has 0 N–H and O–H groups in total. The molecule has 0 fully saturated rings. The Bertz CT molecular complexity index is 290. The van der Waals surface area contributed by atoms with Gasteiger partial charge in [0, 0.05) is 29.2 Å². The van der Waals surface area contributed by atoms with E-state index in [2.05, 4.69) is 50.7 Å². The van der Waals surface area contributed by atoms with Crippen LogP contribution >= 0.6 is 38.5 Å². The molecule has 16 heavy (non-hydrogen) atoms. The molecule has 2 nitrogen and oxygen atoms in total. The van der Waals surface area contributed by atoms with Gasteiger partial charge < -0.3 is 9.47 Å². The van der Waals surface area contributed by atoms with Gasteiger partial charge in [-0.1, -0.05) is 50.7 Å². The summed E-state index contributed by atoms with van der Waals surface area (Å²) < 4.78 is 12.9. The summed E-state index contributed by atoms with van der Waals surface area (Å²) in [6, 6.07) is 8.30. The van der Waals surface area contributed by atoms with Gasteiger partial charge >= 0.3 is 0 Å². The van der Waals surface area contributed by atoms with Crippen LogP contribution in [0.1, 0.15) is 18.1 Å². The van der Waals surface area contributed by atoms with Crippen molar-refractivity contribution in [3.63, 3.8) is 0 Å². The lowest BCUT2D eigenvalue weighted by Crippen LogP contribution is -2.08. The van der Waals surface area contributed by atoms with E-state index in [1.54, 1.807) is 7.11 Å². The third-order valence-corrected chi connectivity index (χ3v) is 3.52. The van der Waals surface area contributed by atoms with Crippen molar-refractivity contribution in [2.24, 2.45) is 0 Å². The predicted octanol–water partition coefficient (Wildman–Crippen LogP) is 3.98. The van der Waals surface area contributed by atoms with Crippen LogP contribution in [0, 0.1) is 0 Å². The Kier molecular flexibility index (Phi) is 7.60. The largest absolute Gasteiger partial charge is 0.385 e. The number of halogens is 2. The lowest BCUT2D eigenvalue weighted by atomic mass is 10.1. The second kappa shape index (κ2) is 8.44. The molecule has 0 aromatic heterocycles. The first-order valence-corrected chi connectivity index (χ1v) is 7.51. The maximum Gasteiger partial charge on any atom is 0.0914 e. The van der Waals surface area contributed by atoms with E-state index in [9.17, 15) is 0 Å². The summed E-state index contributed by atoms with van der Waals surface area (Å²) in [6.07, 6.45) is 1.13. The SMILES string of the molecule is COCCCOC(CI)c1ccc(Br)cc1. The Hall–Kier alpha value is 0.350. The summed E-state index contributed by atoms with van der Waals surface area (Å²) in [6.45, 7) is 1.51. The Morgan fingerprint density at radius 3 is 2.50 bits per heavy atom. The van der Waals surface area contributed by atoms with Crippen molar-refractivity contribution < 1.29 is 9.47 Å². The van der Waals surface area contributed by atoms with Crippen LogP contribution in [0.25, 0.3) is 0 Å². The highest BCUT2D eigenvalue weighted by Crippen LogP contribution is 2.22. The van der Waals surface area contributed by atoms with Crippen LogP contribution in [0.4, 0.5) is 0 Å². The Labute approximate surface area is 119 Å². The van der Waals surface area contributed by atoms with Gasteiger partial charge in [0.1, 0.15) is 0 Å². The fraction of sp³-hybridized carbons (Fsp3) is 0.500. The van der Waals surface area contributed by atoms with E-state index in [0.717, 1.165) is 28.5 Å². The number of benzene rings is 1. The molecule has 0 spiro atoms. The Morgan fingerprint density at radius 1 is 1.25 bits per heavy atom. The standard InChI is InChI=1S/C12H16BrIO2/c1-15-7-2-8-16-12(9-14)10-3-5-11(13)6-4-10/h3-6,12H,2,7-9H2,1H3. The summed E-state index contributed by atoms with van der Waals surface area (Å²) >= 11 is 5.79. The Morgan fingerprint density at radius 2 is 1.94 bits per heavy atom. The minimum atomic E-state index is 0.186. The minimum Gasteiger partial charge on any atom is -0.385 e. The smallest absolute Gasteiger partial charge is 0.0914 e. The van der Waals surface area contributed by atoms with Gasteiger partial charge in [-0.2, -0.15) is 0 Å². The van der Waals surface area contributed by atoms with Gasteiger partial charge in [0.15, 0.2) is 0 Å². The zero-order valence-corrected chi connectivity index (χ0v) is 13.0. The maximum atomic E-state index is 5.82. The zero-order valence-electron chi connectivity index (χ0n) is 9.29. The van der Waals surface area contributed by atoms with Crippen LogP contribution in [0.3, 0.4) is 0 Å². The van der Waals surface area contributed by atoms with Gasteiger partial charge in [0.25, 0.3) is 0 Å². The maximum absolute atomic E-state index is 5.82. The highest BCUT2D eigenvalue weighted by molar-refractivity contribution is 14.1. The highest BCUT2D eigenvalue weighted by atomic mass is 127. The van der Waals surface area contributed by atoms with Crippen molar-refractivity contribution >= 4 is 38.5 Å². The number of ether oxygens (including phenoxy) is 2. The fourth-order valence-electron chi connectivity index (χ4n) is 1.34. The first kappa shape index (κ1) is 14.4. The first-order chi connectivity index (χ1) is 7.77. The third-order valence-electron chi connectivity index (χ3n) is 2.19. The summed E-state index contributed by atoms with van der Waals surface area (Å²) in [5.74, 6) is 0. The first-order valence-electron chi connectivity index (χ1n) is 5.20. The van der Waals surface area contributed by atoms with E-state index in [-0.39, 0.29) is 6.10 Å². The van der Waals surface area contributed by atoms with E-state index in [1.807, 2.05) is 12.1 Å². The molecule has 1 aromatic rings. The van der Waals surface area contributed by atoms with Crippen molar-refractivity contribution in [2.75, 3.05) is 24.8 Å². The number of hydrogen-bond acceptors (Lipinski definition) is 2. The second-order valence-corrected chi connectivity index (χ2v) is 5.21. The van der Waals surface area contributed by atoms with E-state index in [0.29, 0.717) is 0 Å². The van der Waals surface area contributed by atoms with Crippen molar-refractivity contribution in [1.82, 2.24) is 0 Å². The van der Waals surface area contributed by atoms with Crippen molar-refractivity contribution in [1.29, 1.82) is 0 Å². The molecular formula is C12H16BrIO2. The molecule has 4 heteroatoms. The average molecular weight is 399 g/mol. The van der Waals surface area contributed by atoms with Crippen LogP contribution in [-0.2, 0) is 9.47 Å². The zero-order chi connectivity index (χ0) is 11.8. The molecule has 0 aliphatic carbocycles. The predicted molar refractivity (Wildman–Crippen MR) is 78.2 cm³/mol. The van der Waals surface area contributed by atoms with E-state index < -0.39 is 0 Å². The third kappa shape index (κ3) is 5.12. The van der Waals surface area contributed by atoms with Crippen molar-refractivity contribution in [2.45, 2.75) is 12.5 Å².